The van der Waals surface area contributed by atoms with Crippen LogP contribution in [-0.4, -0.2) is 34.5 Å². The lowest BCUT2D eigenvalue weighted by molar-refractivity contribution is 0.0947. The first-order valence-corrected chi connectivity index (χ1v) is 9.86. The highest BCUT2D eigenvalue weighted by Gasteiger charge is 2.28. The minimum atomic E-state index is -0.487. The quantitative estimate of drug-likeness (QED) is 0.476. The van der Waals surface area contributed by atoms with Gasteiger partial charge in [0, 0.05) is 30.4 Å². The van der Waals surface area contributed by atoms with Gasteiger partial charge in [0.25, 0.3) is 5.91 Å². The summed E-state index contributed by atoms with van der Waals surface area (Å²) in [5, 5.41) is 6.10. The van der Waals surface area contributed by atoms with E-state index < -0.39 is 5.82 Å². The third-order valence-corrected chi connectivity index (χ3v) is 5.64. The van der Waals surface area contributed by atoms with Crippen LogP contribution in [0.25, 0.3) is 21.6 Å². The highest BCUT2D eigenvalue weighted by molar-refractivity contribution is 7.16. The van der Waals surface area contributed by atoms with E-state index in [2.05, 4.69) is 25.6 Å². The van der Waals surface area contributed by atoms with Gasteiger partial charge in [-0.25, -0.2) is 14.4 Å². The molecule has 4 aromatic rings. The van der Waals surface area contributed by atoms with Crippen LogP contribution in [0.1, 0.15) is 16.1 Å². The van der Waals surface area contributed by atoms with E-state index in [9.17, 15) is 9.18 Å². The normalized spacial score (nSPS) is 13.2. The molecule has 0 atom stereocenters. The van der Waals surface area contributed by atoms with Gasteiger partial charge in [0.1, 0.15) is 10.3 Å². The molecule has 1 aromatic carbocycles. The first kappa shape index (κ1) is 17.6. The molecule has 0 radical (unpaired) electrons. The molecule has 29 heavy (non-hydrogen) atoms. The number of nitrogens with one attached hydrogen (secondary N) is 3. The van der Waals surface area contributed by atoms with Crippen LogP contribution in [0.3, 0.4) is 0 Å². The van der Waals surface area contributed by atoms with Gasteiger partial charge >= 0.3 is 0 Å². The first-order valence-electron chi connectivity index (χ1n) is 8.98. The predicted octanol–water partition coefficient (Wildman–Crippen LogP) is 3.86. The van der Waals surface area contributed by atoms with E-state index in [1.807, 2.05) is 6.07 Å². The van der Waals surface area contributed by atoms with Crippen LogP contribution in [0, 0.1) is 5.82 Å². The summed E-state index contributed by atoms with van der Waals surface area (Å²) in [5.41, 5.74) is 6.32. The number of amides is 1. The zero-order chi connectivity index (χ0) is 20.0. The monoisotopic (exact) mass is 409 g/mol. The van der Waals surface area contributed by atoms with E-state index in [0.717, 1.165) is 21.6 Å². The van der Waals surface area contributed by atoms with Gasteiger partial charge in [0.2, 0.25) is 0 Å². The van der Waals surface area contributed by atoms with Crippen molar-refractivity contribution in [3.8, 4) is 17.0 Å². The largest absolute Gasteiger partial charge is 0.492 e. The molecule has 0 unspecified atom stereocenters. The lowest BCUT2D eigenvalue weighted by atomic mass is 10.0. The van der Waals surface area contributed by atoms with Gasteiger partial charge in [-0.05, 0) is 18.2 Å². The fourth-order valence-electron chi connectivity index (χ4n) is 3.63. The molecule has 1 amide bonds. The SMILES string of the molecule is COc1c(F)cccc1Nc1c(-c2ccnc3scnc23)[nH]c2c1C(=O)NCC2. The van der Waals surface area contributed by atoms with E-state index in [1.165, 1.54) is 24.5 Å². The number of ether oxygens (including phenoxy) is 1. The Hall–Kier alpha value is -3.46. The number of para-hydroxylation sites is 1. The maximum atomic E-state index is 14.2. The minimum absolute atomic E-state index is 0.0816. The molecule has 5 rings (SSSR count). The molecule has 0 spiro atoms. The summed E-state index contributed by atoms with van der Waals surface area (Å²) in [6, 6.07) is 6.47. The molecule has 0 bridgehead atoms. The van der Waals surface area contributed by atoms with Crippen molar-refractivity contribution in [2.45, 2.75) is 6.42 Å². The number of methoxy groups -OCH3 is 1. The first-order chi connectivity index (χ1) is 14.2. The molecule has 3 aromatic heterocycles. The Morgan fingerprint density at radius 2 is 2.17 bits per heavy atom. The van der Waals surface area contributed by atoms with Crippen molar-refractivity contribution >= 4 is 39.0 Å². The topological polar surface area (TPSA) is 91.9 Å². The number of thiazole rings is 1. The molecule has 0 fully saturated rings. The van der Waals surface area contributed by atoms with Gasteiger partial charge in [-0.2, -0.15) is 0 Å². The van der Waals surface area contributed by atoms with Crippen molar-refractivity contribution in [3.63, 3.8) is 0 Å². The van der Waals surface area contributed by atoms with Crippen molar-refractivity contribution in [1.82, 2.24) is 20.3 Å². The van der Waals surface area contributed by atoms with E-state index >= 15 is 0 Å². The molecule has 1 aliphatic rings. The Bertz CT molecular complexity index is 1250. The number of nitrogens with zero attached hydrogens (tertiary/aromatic N) is 2. The summed E-state index contributed by atoms with van der Waals surface area (Å²) < 4.78 is 19.4. The van der Waals surface area contributed by atoms with Crippen LogP contribution < -0.4 is 15.4 Å². The summed E-state index contributed by atoms with van der Waals surface area (Å²) >= 11 is 1.44. The molecule has 4 heterocycles. The van der Waals surface area contributed by atoms with E-state index in [0.29, 0.717) is 35.6 Å². The second-order valence-corrected chi connectivity index (χ2v) is 7.38. The summed E-state index contributed by atoms with van der Waals surface area (Å²) in [4.78, 5) is 25.6. The number of benzene rings is 1. The number of fused-ring (bicyclic) bond motifs is 2. The Balaban J connectivity index is 1.74. The summed E-state index contributed by atoms with van der Waals surface area (Å²) in [6.45, 7) is 0.553. The molecule has 9 heteroatoms. The number of H-pyrrole nitrogens is 1. The molecule has 3 N–H and O–H groups in total. The number of hydrogen-bond donors (Lipinski definition) is 3. The lowest BCUT2D eigenvalue weighted by Crippen LogP contribution is -2.31. The number of carbonyl (C=O) groups is 1. The molecule has 7 nitrogen and oxygen atoms in total. The molecule has 0 aliphatic carbocycles. The summed E-state index contributed by atoms with van der Waals surface area (Å²) in [7, 11) is 1.41. The fourth-order valence-corrected chi connectivity index (χ4v) is 4.29. The van der Waals surface area contributed by atoms with Crippen molar-refractivity contribution in [2.75, 3.05) is 19.0 Å². The predicted molar refractivity (Wildman–Crippen MR) is 109 cm³/mol. The molecule has 0 saturated carbocycles. The van der Waals surface area contributed by atoms with Crippen LogP contribution in [0.4, 0.5) is 15.8 Å². The van der Waals surface area contributed by atoms with Crippen LogP contribution in [0.5, 0.6) is 5.75 Å². The van der Waals surface area contributed by atoms with Crippen molar-refractivity contribution in [2.24, 2.45) is 0 Å². The van der Waals surface area contributed by atoms with E-state index in [1.54, 1.807) is 23.8 Å². The number of aromatic amines is 1. The molecule has 0 saturated heterocycles. The van der Waals surface area contributed by atoms with E-state index in [-0.39, 0.29) is 11.7 Å². The maximum Gasteiger partial charge on any atom is 0.255 e. The second-order valence-electron chi connectivity index (χ2n) is 6.54. The number of halogens is 1. The lowest BCUT2D eigenvalue weighted by Gasteiger charge is -2.16. The van der Waals surface area contributed by atoms with Gasteiger partial charge in [-0.15, -0.1) is 11.3 Å². The number of anilines is 2. The van der Waals surface area contributed by atoms with Crippen LogP contribution in [0.15, 0.2) is 36.0 Å². The van der Waals surface area contributed by atoms with Crippen molar-refractivity contribution in [3.05, 3.63) is 53.0 Å². The van der Waals surface area contributed by atoms with Gasteiger partial charge < -0.3 is 20.4 Å². The molecular weight excluding hydrogens is 393 g/mol. The number of pyridine rings is 1. The molecule has 146 valence electrons. The zero-order valence-corrected chi connectivity index (χ0v) is 16.2. The maximum absolute atomic E-state index is 14.2. The third kappa shape index (κ3) is 2.82. The smallest absolute Gasteiger partial charge is 0.255 e. The highest BCUT2D eigenvalue weighted by atomic mass is 32.1. The molecule has 1 aliphatic heterocycles. The Kier molecular flexibility index (Phi) is 4.17. The Morgan fingerprint density at radius 3 is 3.03 bits per heavy atom. The van der Waals surface area contributed by atoms with Crippen molar-refractivity contribution in [1.29, 1.82) is 0 Å². The third-order valence-electron chi connectivity index (χ3n) is 4.90. The fraction of sp³-hybridized carbons (Fsp3) is 0.150. The molecular formula is C20H16FN5O2S. The average Bonchev–Trinajstić information content (AvgIpc) is 3.34. The summed E-state index contributed by atoms with van der Waals surface area (Å²) in [6.07, 6.45) is 2.38. The van der Waals surface area contributed by atoms with Crippen molar-refractivity contribution < 1.29 is 13.9 Å². The Labute approximate surface area is 169 Å². The highest BCUT2D eigenvalue weighted by Crippen LogP contribution is 2.41. The number of hydrogen-bond acceptors (Lipinski definition) is 6. The Morgan fingerprint density at radius 1 is 1.28 bits per heavy atom. The summed E-state index contributed by atoms with van der Waals surface area (Å²) in [5.74, 6) is -0.591. The zero-order valence-electron chi connectivity index (χ0n) is 15.4. The second kappa shape index (κ2) is 6.85. The van der Waals surface area contributed by atoms with Crippen LogP contribution in [0.2, 0.25) is 0 Å². The number of aromatic nitrogens is 3. The van der Waals surface area contributed by atoms with Gasteiger partial charge in [-0.1, -0.05) is 6.07 Å². The minimum Gasteiger partial charge on any atom is -0.492 e. The van der Waals surface area contributed by atoms with E-state index in [4.69, 9.17) is 4.74 Å². The average molecular weight is 409 g/mol. The number of rotatable bonds is 4. The van der Waals surface area contributed by atoms with Gasteiger partial charge in [-0.3, -0.25) is 4.79 Å². The van der Waals surface area contributed by atoms with Gasteiger partial charge in [0.15, 0.2) is 11.6 Å². The number of carbonyl (C=O) groups excluding carboxylic acids is 1. The van der Waals surface area contributed by atoms with Crippen LogP contribution in [-0.2, 0) is 6.42 Å². The van der Waals surface area contributed by atoms with Crippen LogP contribution >= 0.6 is 11.3 Å². The standard InChI is InChI=1S/C20H16FN5O2S/c1-28-18-11(21)3-2-4-13(18)26-17-14-12(6-8-22-19(14)27)25-15(17)10-5-7-23-20-16(10)24-9-29-20/h2-5,7,9,25-26H,6,8H2,1H3,(H,22,27). The van der Waals surface area contributed by atoms with Gasteiger partial charge in [0.05, 0.1) is 35.3 Å².